The second-order valence-electron chi connectivity index (χ2n) is 5.86. The molecule has 27 heavy (non-hydrogen) atoms. The van der Waals surface area contributed by atoms with Crippen LogP contribution in [0, 0.1) is 13.8 Å². The summed E-state index contributed by atoms with van der Waals surface area (Å²) >= 11 is 0. The van der Waals surface area contributed by atoms with Gasteiger partial charge in [0.1, 0.15) is 11.4 Å². The number of aromatic amines is 1. The lowest BCUT2D eigenvalue weighted by atomic mass is 10.1. The standard InChI is InChI=1S/C17H16F3N5O2/c1-9-15(10(2)25(3)24-9)13-8-14(23-22-13)16(26)21-11-4-6-12(7-5-11)27-17(18,19)20/h4-8H,1-3H3,(H,21,26)(H,22,23). The molecule has 0 atom stereocenters. The predicted molar refractivity (Wildman–Crippen MR) is 91.3 cm³/mol. The van der Waals surface area contributed by atoms with Crippen LogP contribution in [0.4, 0.5) is 18.9 Å². The molecule has 1 aromatic carbocycles. The molecule has 2 aromatic heterocycles. The summed E-state index contributed by atoms with van der Waals surface area (Å²) in [7, 11) is 1.82. The molecule has 2 N–H and O–H groups in total. The molecule has 0 aliphatic carbocycles. The van der Waals surface area contributed by atoms with Gasteiger partial charge in [0.15, 0.2) is 0 Å². The topological polar surface area (TPSA) is 84.8 Å². The molecule has 3 rings (SSSR count). The third-order valence-electron chi connectivity index (χ3n) is 3.93. The first kappa shape index (κ1) is 18.5. The van der Waals surface area contributed by atoms with Gasteiger partial charge < -0.3 is 10.1 Å². The molecule has 3 aromatic rings. The zero-order valence-corrected chi connectivity index (χ0v) is 14.7. The molecule has 0 bridgehead atoms. The normalized spacial score (nSPS) is 11.5. The summed E-state index contributed by atoms with van der Waals surface area (Å²) in [6.45, 7) is 3.75. The Balaban J connectivity index is 1.73. The van der Waals surface area contributed by atoms with E-state index in [2.05, 4.69) is 25.3 Å². The minimum atomic E-state index is -4.76. The van der Waals surface area contributed by atoms with Gasteiger partial charge in [0.05, 0.1) is 11.4 Å². The average molecular weight is 379 g/mol. The number of hydrogen-bond donors (Lipinski definition) is 2. The van der Waals surface area contributed by atoms with E-state index in [1.807, 2.05) is 20.9 Å². The number of ether oxygens (including phenoxy) is 1. The van der Waals surface area contributed by atoms with Crippen molar-refractivity contribution in [2.75, 3.05) is 5.32 Å². The molecule has 0 spiro atoms. The first-order chi connectivity index (χ1) is 12.6. The van der Waals surface area contributed by atoms with Crippen LogP contribution >= 0.6 is 0 Å². The van der Waals surface area contributed by atoms with E-state index < -0.39 is 12.3 Å². The fourth-order valence-electron chi connectivity index (χ4n) is 2.65. The van der Waals surface area contributed by atoms with Crippen molar-refractivity contribution in [1.29, 1.82) is 0 Å². The summed E-state index contributed by atoms with van der Waals surface area (Å²) in [5, 5.41) is 13.7. The van der Waals surface area contributed by atoms with E-state index in [0.29, 0.717) is 11.4 Å². The monoisotopic (exact) mass is 379 g/mol. The van der Waals surface area contributed by atoms with Crippen molar-refractivity contribution in [2.24, 2.45) is 7.05 Å². The third-order valence-corrected chi connectivity index (χ3v) is 3.93. The number of amides is 1. The molecule has 0 aliphatic rings. The summed E-state index contributed by atoms with van der Waals surface area (Å²) in [6.07, 6.45) is -4.76. The number of nitrogens with zero attached hydrogens (tertiary/aromatic N) is 3. The summed E-state index contributed by atoms with van der Waals surface area (Å²) in [5.74, 6) is -0.843. The maximum absolute atomic E-state index is 12.3. The fourth-order valence-corrected chi connectivity index (χ4v) is 2.65. The SMILES string of the molecule is Cc1nn(C)c(C)c1-c1cc(C(=O)Nc2ccc(OC(F)(F)F)cc2)[nH]n1. The number of halogens is 3. The lowest BCUT2D eigenvalue weighted by molar-refractivity contribution is -0.274. The Morgan fingerprint density at radius 1 is 1.22 bits per heavy atom. The van der Waals surface area contributed by atoms with Gasteiger partial charge >= 0.3 is 6.36 Å². The molecule has 0 radical (unpaired) electrons. The van der Waals surface area contributed by atoms with Crippen molar-refractivity contribution in [3.8, 4) is 17.0 Å². The number of H-pyrrole nitrogens is 1. The van der Waals surface area contributed by atoms with Crippen LogP contribution in [0.25, 0.3) is 11.3 Å². The zero-order valence-electron chi connectivity index (χ0n) is 14.7. The first-order valence-electron chi connectivity index (χ1n) is 7.87. The summed E-state index contributed by atoms with van der Waals surface area (Å²) in [5.41, 5.74) is 3.64. The minimum Gasteiger partial charge on any atom is -0.406 e. The van der Waals surface area contributed by atoms with E-state index >= 15 is 0 Å². The molecule has 7 nitrogen and oxygen atoms in total. The third kappa shape index (κ3) is 4.10. The van der Waals surface area contributed by atoms with Crippen LogP contribution < -0.4 is 10.1 Å². The molecular weight excluding hydrogens is 363 g/mol. The van der Waals surface area contributed by atoms with Gasteiger partial charge in [0, 0.05) is 24.0 Å². The highest BCUT2D eigenvalue weighted by atomic mass is 19.4. The van der Waals surface area contributed by atoms with Gasteiger partial charge in [-0.3, -0.25) is 14.6 Å². The Morgan fingerprint density at radius 3 is 2.44 bits per heavy atom. The number of hydrogen-bond acceptors (Lipinski definition) is 4. The maximum atomic E-state index is 12.3. The Labute approximate surface area is 152 Å². The second-order valence-corrected chi connectivity index (χ2v) is 5.86. The van der Waals surface area contributed by atoms with Crippen LogP contribution in [-0.2, 0) is 7.05 Å². The Hall–Kier alpha value is -3.30. The number of aryl methyl sites for hydroxylation is 2. The van der Waals surface area contributed by atoms with Crippen molar-refractivity contribution in [2.45, 2.75) is 20.2 Å². The van der Waals surface area contributed by atoms with Gasteiger partial charge in [-0.05, 0) is 44.2 Å². The highest BCUT2D eigenvalue weighted by Crippen LogP contribution is 2.26. The van der Waals surface area contributed by atoms with Gasteiger partial charge in [-0.2, -0.15) is 10.2 Å². The van der Waals surface area contributed by atoms with Crippen LogP contribution in [0.15, 0.2) is 30.3 Å². The number of nitrogens with one attached hydrogen (secondary N) is 2. The molecule has 0 unspecified atom stereocenters. The van der Waals surface area contributed by atoms with Crippen LogP contribution in [-0.4, -0.2) is 32.2 Å². The fraction of sp³-hybridized carbons (Fsp3) is 0.235. The van der Waals surface area contributed by atoms with Gasteiger partial charge in [-0.15, -0.1) is 13.2 Å². The highest BCUT2D eigenvalue weighted by Gasteiger charge is 2.31. The molecule has 10 heteroatoms. The number of carbonyl (C=O) groups is 1. The van der Waals surface area contributed by atoms with E-state index in [1.54, 1.807) is 10.7 Å². The van der Waals surface area contributed by atoms with Crippen molar-refractivity contribution in [1.82, 2.24) is 20.0 Å². The molecule has 0 saturated carbocycles. The Morgan fingerprint density at radius 2 is 1.89 bits per heavy atom. The molecule has 1 amide bonds. The lowest BCUT2D eigenvalue weighted by Gasteiger charge is -2.09. The number of alkyl halides is 3. The smallest absolute Gasteiger partial charge is 0.406 e. The average Bonchev–Trinajstić information content (AvgIpc) is 3.13. The van der Waals surface area contributed by atoms with E-state index in [4.69, 9.17) is 0 Å². The molecule has 0 aliphatic heterocycles. The minimum absolute atomic E-state index is 0.211. The van der Waals surface area contributed by atoms with E-state index in [-0.39, 0.29) is 11.4 Å². The lowest BCUT2D eigenvalue weighted by Crippen LogP contribution is -2.17. The van der Waals surface area contributed by atoms with E-state index in [0.717, 1.165) is 29.1 Å². The number of anilines is 1. The first-order valence-corrected chi connectivity index (χ1v) is 7.87. The predicted octanol–water partition coefficient (Wildman–Crippen LogP) is 3.58. The maximum Gasteiger partial charge on any atom is 0.573 e. The number of carbonyl (C=O) groups excluding carboxylic acids is 1. The number of aromatic nitrogens is 4. The summed E-state index contributed by atoms with van der Waals surface area (Å²) in [6, 6.07) is 6.44. The van der Waals surface area contributed by atoms with Crippen molar-refractivity contribution >= 4 is 11.6 Å². The van der Waals surface area contributed by atoms with Crippen LogP contribution in [0.5, 0.6) is 5.75 Å². The summed E-state index contributed by atoms with van der Waals surface area (Å²) in [4.78, 5) is 12.3. The molecule has 0 saturated heterocycles. The van der Waals surface area contributed by atoms with Gasteiger partial charge in [-0.25, -0.2) is 0 Å². The van der Waals surface area contributed by atoms with Crippen LogP contribution in [0.3, 0.4) is 0 Å². The molecule has 2 heterocycles. The summed E-state index contributed by atoms with van der Waals surface area (Å²) < 4.78 is 42.0. The second kappa shape index (κ2) is 6.78. The van der Waals surface area contributed by atoms with Crippen LogP contribution in [0.1, 0.15) is 21.9 Å². The van der Waals surface area contributed by atoms with Gasteiger partial charge in [0.25, 0.3) is 5.91 Å². The molecule has 142 valence electrons. The van der Waals surface area contributed by atoms with Crippen molar-refractivity contribution in [3.05, 3.63) is 47.4 Å². The Kier molecular flexibility index (Phi) is 4.64. The van der Waals surface area contributed by atoms with Gasteiger partial charge in [0.2, 0.25) is 0 Å². The molecular formula is C17H16F3N5O2. The zero-order chi connectivity index (χ0) is 19.8. The van der Waals surface area contributed by atoms with Crippen molar-refractivity contribution < 1.29 is 22.7 Å². The largest absolute Gasteiger partial charge is 0.573 e. The van der Waals surface area contributed by atoms with E-state index in [1.165, 1.54) is 12.1 Å². The van der Waals surface area contributed by atoms with Gasteiger partial charge in [-0.1, -0.05) is 0 Å². The highest BCUT2D eigenvalue weighted by molar-refractivity contribution is 6.03. The number of benzene rings is 1. The van der Waals surface area contributed by atoms with Crippen molar-refractivity contribution in [3.63, 3.8) is 0 Å². The Bertz CT molecular complexity index is 974. The van der Waals surface area contributed by atoms with Crippen LogP contribution in [0.2, 0.25) is 0 Å². The number of rotatable bonds is 4. The quantitative estimate of drug-likeness (QED) is 0.726. The van der Waals surface area contributed by atoms with E-state index in [9.17, 15) is 18.0 Å². The molecule has 0 fully saturated rings.